The van der Waals surface area contributed by atoms with Crippen LogP contribution >= 0.6 is 11.6 Å². The zero-order valence-electron chi connectivity index (χ0n) is 7.89. The van der Waals surface area contributed by atoms with Crippen molar-refractivity contribution in [1.82, 2.24) is 9.97 Å². The summed E-state index contributed by atoms with van der Waals surface area (Å²) in [5.74, 6) is 0. The summed E-state index contributed by atoms with van der Waals surface area (Å²) in [6.07, 6.45) is 4.88. The van der Waals surface area contributed by atoms with Gasteiger partial charge >= 0.3 is 0 Å². The van der Waals surface area contributed by atoms with Crippen LogP contribution in [0.4, 0.5) is 0 Å². The molecule has 0 aliphatic carbocycles. The van der Waals surface area contributed by atoms with E-state index in [1.165, 1.54) is 0 Å². The molecule has 0 unspecified atom stereocenters. The van der Waals surface area contributed by atoms with Crippen molar-refractivity contribution < 1.29 is 5.11 Å². The number of rotatable bonds is 2. The Kier molecular flexibility index (Phi) is 2.94. The van der Waals surface area contributed by atoms with E-state index >= 15 is 0 Å². The van der Waals surface area contributed by atoms with Gasteiger partial charge in [0.1, 0.15) is 0 Å². The van der Waals surface area contributed by atoms with Crippen molar-refractivity contribution in [3.05, 3.63) is 47.4 Å². The van der Waals surface area contributed by atoms with Gasteiger partial charge in [0.2, 0.25) is 0 Å². The molecule has 2 aromatic rings. The molecule has 0 aliphatic rings. The third-order valence-corrected chi connectivity index (χ3v) is 2.31. The quantitative estimate of drug-likeness (QED) is 0.845. The van der Waals surface area contributed by atoms with Crippen LogP contribution in [0.15, 0.2) is 36.8 Å². The Morgan fingerprint density at radius 3 is 2.80 bits per heavy atom. The van der Waals surface area contributed by atoms with Crippen LogP contribution in [0.2, 0.25) is 5.02 Å². The SMILES string of the molecule is OCc1cc(Cl)ccc1-c1cnccn1. The summed E-state index contributed by atoms with van der Waals surface area (Å²) < 4.78 is 0. The largest absolute Gasteiger partial charge is 0.392 e. The molecule has 1 N–H and O–H groups in total. The van der Waals surface area contributed by atoms with Gasteiger partial charge in [-0.3, -0.25) is 9.97 Å². The highest BCUT2D eigenvalue weighted by atomic mass is 35.5. The Hall–Kier alpha value is -1.45. The van der Waals surface area contributed by atoms with Gasteiger partial charge in [0.25, 0.3) is 0 Å². The van der Waals surface area contributed by atoms with Crippen molar-refractivity contribution in [3.8, 4) is 11.3 Å². The fourth-order valence-electron chi connectivity index (χ4n) is 1.38. The average Bonchev–Trinajstić information content (AvgIpc) is 2.30. The summed E-state index contributed by atoms with van der Waals surface area (Å²) in [5.41, 5.74) is 2.34. The van der Waals surface area contributed by atoms with E-state index in [1.807, 2.05) is 6.07 Å². The van der Waals surface area contributed by atoms with E-state index in [0.29, 0.717) is 5.02 Å². The minimum Gasteiger partial charge on any atom is -0.392 e. The number of aliphatic hydroxyl groups excluding tert-OH is 1. The van der Waals surface area contributed by atoms with Crippen LogP contribution in [-0.4, -0.2) is 15.1 Å². The Balaban J connectivity index is 2.53. The lowest BCUT2D eigenvalue weighted by molar-refractivity contribution is 0.282. The van der Waals surface area contributed by atoms with E-state index < -0.39 is 0 Å². The Bertz CT molecular complexity index is 459. The van der Waals surface area contributed by atoms with Gasteiger partial charge < -0.3 is 5.11 Å². The minimum atomic E-state index is -0.0630. The van der Waals surface area contributed by atoms with Crippen LogP contribution < -0.4 is 0 Å². The summed E-state index contributed by atoms with van der Waals surface area (Å²) >= 11 is 5.84. The molecule has 0 radical (unpaired) electrons. The van der Waals surface area contributed by atoms with Crippen molar-refractivity contribution >= 4 is 11.6 Å². The van der Waals surface area contributed by atoms with Crippen LogP contribution in [0.3, 0.4) is 0 Å². The lowest BCUT2D eigenvalue weighted by atomic mass is 10.1. The van der Waals surface area contributed by atoms with Crippen LogP contribution in [-0.2, 0) is 6.61 Å². The number of hydrogen-bond donors (Lipinski definition) is 1. The lowest BCUT2D eigenvalue weighted by Crippen LogP contribution is -1.92. The van der Waals surface area contributed by atoms with Crippen molar-refractivity contribution in [1.29, 1.82) is 0 Å². The third kappa shape index (κ3) is 2.14. The summed E-state index contributed by atoms with van der Waals surface area (Å²) in [6, 6.07) is 5.33. The fourth-order valence-corrected chi connectivity index (χ4v) is 1.58. The molecule has 1 aromatic heterocycles. The minimum absolute atomic E-state index is 0.0630. The smallest absolute Gasteiger partial charge is 0.0888 e. The van der Waals surface area contributed by atoms with Crippen LogP contribution in [0.25, 0.3) is 11.3 Å². The Morgan fingerprint density at radius 1 is 1.27 bits per heavy atom. The molecule has 0 amide bonds. The van der Waals surface area contributed by atoms with E-state index in [0.717, 1.165) is 16.8 Å². The second-order valence-corrected chi connectivity index (χ2v) is 3.49. The van der Waals surface area contributed by atoms with Gasteiger partial charge in [-0.1, -0.05) is 17.7 Å². The standard InChI is InChI=1S/C11H9ClN2O/c12-9-1-2-10(8(5-9)7-15)11-6-13-3-4-14-11/h1-6,15H,7H2. The number of halogens is 1. The number of aliphatic hydroxyl groups is 1. The molecule has 0 spiro atoms. The first-order chi connectivity index (χ1) is 7.31. The summed E-state index contributed by atoms with van der Waals surface area (Å²) in [6.45, 7) is -0.0630. The van der Waals surface area contributed by atoms with E-state index in [9.17, 15) is 5.11 Å². The van der Waals surface area contributed by atoms with Crippen molar-refractivity contribution in [2.75, 3.05) is 0 Å². The maximum atomic E-state index is 9.20. The van der Waals surface area contributed by atoms with Gasteiger partial charge in [0.05, 0.1) is 18.5 Å². The van der Waals surface area contributed by atoms with E-state index in [2.05, 4.69) is 9.97 Å². The highest BCUT2D eigenvalue weighted by molar-refractivity contribution is 6.30. The van der Waals surface area contributed by atoms with Crippen molar-refractivity contribution in [2.45, 2.75) is 6.61 Å². The monoisotopic (exact) mass is 220 g/mol. The molecule has 3 nitrogen and oxygen atoms in total. The van der Waals surface area contributed by atoms with Crippen LogP contribution in [0, 0.1) is 0 Å². The number of benzene rings is 1. The second-order valence-electron chi connectivity index (χ2n) is 3.05. The molecule has 0 saturated heterocycles. The predicted octanol–water partition coefficient (Wildman–Crippen LogP) is 2.29. The highest BCUT2D eigenvalue weighted by Crippen LogP contribution is 2.24. The zero-order valence-corrected chi connectivity index (χ0v) is 8.65. The Labute approximate surface area is 92.4 Å². The zero-order chi connectivity index (χ0) is 10.7. The van der Waals surface area contributed by atoms with Crippen LogP contribution in [0.5, 0.6) is 0 Å². The maximum absolute atomic E-state index is 9.20. The molecule has 0 aliphatic heterocycles. The summed E-state index contributed by atoms with van der Waals surface area (Å²) in [4.78, 5) is 8.15. The second kappa shape index (κ2) is 4.38. The van der Waals surface area contributed by atoms with Gasteiger partial charge in [-0.15, -0.1) is 0 Å². The van der Waals surface area contributed by atoms with Crippen molar-refractivity contribution in [2.24, 2.45) is 0 Å². The molecule has 15 heavy (non-hydrogen) atoms. The topological polar surface area (TPSA) is 46.0 Å². The average molecular weight is 221 g/mol. The first-order valence-electron chi connectivity index (χ1n) is 4.47. The molecule has 1 heterocycles. The molecule has 0 saturated carbocycles. The molecule has 4 heteroatoms. The highest BCUT2D eigenvalue weighted by Gasteiger charge is 2.05. The molecule has 1 aromatic carbocycles. The van der Waals surface area contributed by atoms with Gasteiger partial charge in [0, 0.05) is 23.0 Å². The molecule has 76 valence electrons. The molecular formula is C11H9ClN2O. The number of nitrogens with zero attached hydrogens (tertiary/aromatic N) is 2. The van der Waals surface area contributed by atoms with Gasteiger partial charge in [-0.25, -0.2) is 0 Å². The number of hydrogen-bond acceptors (Lipinski definition) is 3. The number of aromatic nitrogens is 2. The summed E-state index contributed by atoms with van der Waals surface area (Å²) in [7, 11) is 0. The van der Waals surface area contributed by atoms with E-state index in [-0.39, 0.29) is 6.61 Å². The van der Waals surface area contributed by atoms with E-state index in [4.69, 9.17) is 11.6 Å². The fraction of sp³-hybridized carbons (Fsp3) is 0.0909. The molecule has 0 atom stereocenters. The maximum Gasteiger partial charge on any atom is 0.0888 e. The first-order valence-corrected chi connectivity index (χ1v) is 4.84. The summed E-state index contributed by atoms with van der Waals surface area (Å²) in [5, 5.41) is 9.80. The van der Waals surface area contributed by atoms with Gasteiger partial charge in [-0.2, -0.15) is 0 Å². The van der Waals surface area contributed by atoms with Crippen LogP contribution in [0.1, 0.15) is 5.56 Å². The Morgan fingerprint density at radius 2 is 2.13 bits per heavy atom. The lowest BCUT2D eigenvalue weighted by Gasteiger charge is -2.06. The van der Waals surface area contributed by atoms with Gasteiger partial charge in [-0.05, 0) is 17.7 Å². The predicted molar refractivity (Wildman–Crippen MR) is 58.4 cm³/mol. The molecule has 2 rings (SSSR count). The van der Waals surface area contributed by atoms with Crippen molar-refractivity contribution in [3.63, 3.8) is 0 Å². The van der Waals surface area contributed by atoms with E-state index in [1.54, 1.807) is 30.7 Å². The third-order valence-electron chi connectivity index (χ3n) is 2.08. The normalized spacial score (nSPS) is 10.3. The van der Waals surface area contributed by atoms with Gasteiger partial charge in [0.15, 0.2) is 0 Å². The molecule has 0 bridgehead atoms. The molecular weight excluding hydrogens is 212 g/mol. The molecule has 0 fully saturated rings. The first kappa shape index (κ1) is 10.1.